The van der Waals surface area contributed by atoms with Crippen molar-refractivity contribution in [2.45, 2.75) is 31.3 Å². The number of carbonyl (C=O) groups excluding carboxylic acids is 3. The Bertz CT molecular complexity index is 1060. The lowest BCUT2D eigenvalue weighted by molar-refractivity contribution is -0.134. The topological polar surface area (TPSA) is 108 Å². The Morgan fingerprint density at radius 3 is 2.61 bits per heavy atom. The van der Waals surface area contributed by atoms with Gasteiger partial charge in [-0.25, -0.2) is 14.1 Å². The summed E-state index contributed by atoms with van der Waals surface area (Å²) in [5.74, 6) is -0.956. The number of ether oxygens (including phenoxy) is 1. The number of urea groups is 1. The molecule has 1 aliphatic heterocycles. The average Bonchev–Trinajstić information content (AvgIpc) is 3.57. The van der Waals surface area contributed by atoms with Crippen LogP contribution in [0.4, 0.5) is 14.9 Å². The van der Waals surface area contributed by atoms with E-state index in [0.29, 0.717) is 21.3 Å². The molecule has 3 N–H and O–H groups in total. The molecule has 1 aliphatic carbocycles. The van der Waals surface area contributed by atoms with Gasteiger partial charge < -0.3 is 20.5 Å². The van der Waals surface area contributed by atoms with Gasteiger partial charge in [-0.05, 0) is 70.8 Å². The predicted molar refractivity (Wildman–Crippen MR) is 126 cm³/mol. The van der Waals surface area contributed by atoms with Gasteiger partial charge in [-0.1, -0.05) is 25.0 Å². The Balaban J connectivity index is 1.52. The average molecular weight is 567 g/mol. The number of hydrogen-bond acceptors (Lipinski definition) is 5. The quantitative estimate of drug-likeness (QED) is 0.319. The van der Waals surface area contributed by atoms with Crippen molar-refractivity contribution in [3.05, 3.63) is 57.4 Å². The fraction of sp³-hybridized carbons (Fsp3) is 0.348. The number of carbonyl (C=O) groups is 3. The number of imide groups is 1. The molecule has 2 unspecified atom stereocenters. The maximum atomic E-state index is 14.3. The van der Waals surface area contributed by atoms with E-state index < -0.39 is 35.7 Å². The van der Waals surface area contributed by atoms with Gasteiger partial charge in [0.25, 0.3) is 5.91 Å². The number of aliphatic hydroxyl groups excluding tert-OH is 1. The maximum absolute atomic E-state index is 14.3. The van der Waals surface area contributed by atoms with Crippen LogP contribution in [0.1, 0.15) is 30.9 Å². The monoisotopic (exact) mass is 567 g/mol. The van der Waals surface area contributed by atoms with E-state index in [1.54, 1.807) is 30.3 Å². The Morgan fingerprint density at radius 2 is 1.97 bits per heavy atom. The van der Waals surface area contributed by atoms with Crippen molar-refractivity contribution in [1.29, 1.82) is 0 Å². The molecular weight excluding hydrogens is 544 g/mol. The molecule has 0 aromatic heterocycles. The first kappa shape index (κ1) is 23.4. The first-order valence-corrected chi connectivity index (χ1v) is 11.7. The van der Waals surface area contributed by atoms with Crippen LogP contribution < -0.4 is 15.4 Å². The lowest BCUT2D eigenvalue weighted by Crippen LogP contribution is -2.48. The summed E-state index contributed by atoms with van der Waals surface area (Å²) in [4.78, 5) is 40.0. The van der Waals surface area contributed by atoms with Crippen molar-refractivity contribution in [1.82, 2.24) is 10.2 Å². The van der Waals surface area contributed by atoms with Gasteiger partial charge in [0.2, 0.25) is 5.91 Å². The minimum absolute atomic E-state index is 0.00304. The summed E-state index contributed by atoms with van der Waals surface area (Å²) in [5.41, 5.74) is 0.546. The third-order valence-corrected chi connectivity index (χ3v) is 6.27. The van der Waals surface area contributed by atoms with Crippen molar-refractivity contribution in [3.8, 4) is 5.75 Å². The second-order valence-electron chi connectivity index (χ2n) is 8.04. The minimum atomic E-state index is -1.04. The molecule has 0 radical (unpaired) electrons. The number of benzene rings is 2. The van der Waals surface area contributed by atoms with Crippen LogP contribution in [0.2, 0.25) is 0 Å². The van der Waals surface area contributed by atoms with Gasteiger partial charge in [0, 0.05) is 3.57 Å². The van der Waals surface area contributed by atoms with E-state index in [0.717, 1.165) is 17.7 Å². The highest BCUT2D eigenvalue weighted by Crippen LogP contribution is 2.37. The Labute approximate surface area is 203 Å². The van der Waals surface area contributed by atoms with Gasteiger partial charge in [-0.3, -0.25) is 9.59 Å². The van der Waals surface area contributed by atoms with Crippen LogP contribution >= 0.6 is 22.6 Å². The van der Waals surface area contributed by atoms with E-state index >= 15 is 0 Å². The number of nitrogens with zero attached hydrogens (tertiary/aromatic N) is 1. The third-order valence-electron chi connectivity index (χ3n) is 5.60. The molecule has 2 aromatic rings. The van der Waals surface area contributed by atoms with Gasteiger partial charge in [-0.15, -0.1) is 0 Å². The van der Waals surface area contributed by atoms with E-state index in [4.69, 9.17) is 9.84 Å². The van der Waals surface area contributed by atoms with Gasteiger partial charge in [0.05, 0.1) is 12.3 Å². The van der Waals surface area contributed by atoms with Crippen LogP contribution in [0.25, 0.3) is 0 Å². The first-order chi connectivity index (χ1) is 15.9. The van der Waals surface area contributed by atoms with E-state index in [2.05, 4.69) is 10.6 Å². The number of aliphatic hydroxyl groups is 1. The van der Waals surface area contributed by atoms with Crippen LogP contribution in [0.3, 0.4) is 0 Å². The molecule has 2 fully saturated rings. The number of rotatable bonds is 9. The molecule has 8 nitrogen and oxygen atoms in total. The number of anilines is 1. The SMILES string of the molecule is O=C(Nc1ccc(I)cc1F)C(CC1CC1)N1C(=O)NC(c2ccc(OCCO)cc2)C1=O. The second kappa shape index (κ2) is 10.0. The third kappa shape index (κ3) is 5.44. The van der Waals surface area contributed by atoms with Crippen molar-refractivity contribution in [2.24, 2.45) is 5.92 Å². The highest BCUT2D eigenvalue weighted by atomic mass is 127. The van der Waals surface area contributed by atoms with Crippen LogP contribution in [0, 0.1) is 15.3 Å². The molecule has 1 heterocycles. The van der Waals surface area contributed by atoms with E-state index in [9.17, 15) is 18.8 Å². The van der Waals surface area contributed by atoms with Gasteiger partial charge >= 0.3 is 6.03 Å². The van der Waals surface area contributed by atoms with Crippen LogP contribution in [-0.2, 0) is 9.59 Å². The van der Waals surface area contributed by atoms with Gasteiger partial charge in [0.15, 0.2) is 0 Å². The van der Waals surface area contributed by atoms with Crippen LogP contribution in [0.5, 0.6) is 5.75 Å². The summed E-state index contributed by atoms with van der Waals surface area (Å²) in [7, 11) is 0. The summed E-state index contributed by atoms with van der Waals surface area (Å²) in [6, 6.07) is 8.35. The number of halogens is 2. The summed E-state index contributed by atoms with van der Waals surface area (Å²) in [5, 5.41) is 14.0. The molecule has 33 heavy (non-hydrogen) atoms. The molecule has 4 amide bonds. The number of nitrogens with one attached hydrogen (secondary N) is 2. The fourth-order valence-electron chi connectivity index (χ4n) is 3.74. The molecule has 174 valence electrons. The molecular formula is C23H23FIN3O5. The smallest absolute Gasteiger partial charge is 0.325 e. The standard InChI is InChI=1S/C23H23FIN3O5/c24-17-12-15(25)5-8-18(17)26-21(30)19(11-13-1-2-13)28-22(31)20(27-23(28)32)14-3-6-16(7-4-14)33-10-9-29/h3-8,12-13,19-20,29H,1-2,9-11H2,(H,26,30)(H,27,32). The zero-order chi connectivity index (χ0) is 23.5. The van der Waals surface area contributed by atoms with Crippen molar-refractivity contribution in [2.75, 3.05) is 18.5 Å². The molecule has 2 aliphatic rings. The summed E-state index contributed by atoms with van der Waals surface area (Å²) >= 11 is 1.97. The molecule has 4 rings (SSSR count). The maximum Gasteiger partial charge on any atom is 0.325 e. The first-order valence-electron chi connectivity index (χ1n) is 10.6. The molecule has 2 atom stereocenters. The van der Waals surface area contributed by atoms with Gasteiger partial charge in [-0.2, -0.15) is 0 Å². The molecule has 10 heteroatoms. The van der Waals surface area contributed by atoms with Crippen molar-refractivity contribution >= 4 is 46.1 Å². The zero-order valence-electron chi connectivity index (χ0n) is 17.6. The Kier molecular flexibility index (Phi) is 7.13. The van der Waals surface area contributed by atoms with E-state index in [-0.39, 0.29) is 24.8 Å². The Morgan fingerprint density at radius 1 is 1.24 bits per heavy atom. The molecule has 2 aromatic carbocycles. The highest BCUT2D eigenvalue weighted by molar-refractivity contribution is 14.1. The van der Waals surface area contributed by atoms with Crippen molar-refractivity contribution in [3.63, 3.8) is 0 Å². The number of amides is 4. The predicted octanol–water partition coefficient (Wildman–Crippen LogP) is 3.20. The van der Waals surface area contributed by atoms with Crippen LogP contribution in [0.15, 0.2) is 42.5 Å². The summed E-state index contributed by atoms with van der Waals surface area (Å²) < 4.78 is 20.3. The second-order valence-corrected chi connectivity index (χ2v) is 9.29. The van der Waals surface area contributed by atoms with Gasteiger partial charge in [0.1, 0.15) is 30.3 Å². The van der Waals surface area contributed by atoms with Crippen molar-refractivity contribution < 1.29 is 28.6 Å². The highest BCUT2D eigenvalue weighted by Gasteiger charge is 2.46. The lowest BCUT2D eigenvalue weighted by Gasteiger charge is -2.25. The molecule has 0 bridgehead atoms. The summed E-state index contributed by atoms with van der Waals surface area (Å²) in [6.45, 7) is 0.0236. The normalized spacial score (nSPS) is 18.8. The van der Waals surface area contributed by atoms with E-state index in [1.165, 1.54) is 12.1 Å². The van der Waals surface area contributed by atoms with Crippen LogP contribution in [-0.4, -0.2) is 47.1 Å². The molecule has 1 saturated carbocycles. The zero-order valence-corrected chi connectivity index (χ0v) is 19.7. The largest absolute Gasteiger partial charge is 0.491 e. The summed E-state index contributed by atoms with van der Waals surface area (Å²) in [6.07, 6.45) is 2.17. The Hall–Kier alpha value is -2.73. The fourth-order valence-corrected chi connectivity index (χ4v) is 4.19. The molecule has 1 saturated heterocycles. The minimum Gasteiger partial charge on any atom is -0.491 e. The van der Waals surface area contributed by atoms with E-state index in [1.807, 2.05) is 22.6 Å². The number of hydrogen-bond donors (Lipinski definition) is 3. The lowest BCUT2D eigenvalue weighted by atomic mass is 10.0. The molecule has 0 spiro atoms.